The zero-order chi connectivity index (χ0) is 17.8. The first kappa shape index (κ1) is 17.7. The Hall–Kier alpha value is -2.14. The van der Waals surface area contributed by atoms with Gasteiger partial charge < -0.3 is 10.2 Å². The minimum atomic E-state index is -0.122. The molecule has 0 aliphatic carbocycles. The molecule has 130 valence electrons. The molecule has 1 fully saturated rings. The number of benzene rings is 2. The molecular weight excluding hydrogens is 380 g/mol. The summed E-state index contributed by atoms with van der Waals surface area (Å²) in [5, 5.41) is 2.92. The number of aryl methyl sites for hydroxylation is 1. The number of amides is 2. The van der Waals surface area contributed by atoms with Crippen molar-refractivity contribution in [2.45, 2.75) is 26.2 Å². The molecule has 1 heterocycles. The van der Waals surface area contributed by atoms with Crippen molar-refractivity contribution in [1.82, 2.24) is 4.90 Å². The van der Waals surface area contributed by atoms with Gasteiger partial charge in [-0.25, -0.2) is 0 Å². The molecule has 1 aliphatic rings. The predicted molar refractivity (Wildman–Crippen MR) is 103 cm³/mol. The quantitative estimate of drug-likeness (QED) is 0.836. The summed E-state index contributed by atoms with van der Waals surface area (Å²) in [6.07, 6.45) is 2.37. The first-order valence-electron chi connectivity index (χ1n) is 8.48. The molecule has 25 heavy (non-hydrogen) atoms. The second kappa shape index (κ2) is 7.83. The lowest BCUT2D eigenvalue weighted by molar-refractivity contribution is -0.115. The predicted octanol–water partition coefficient (Wildman–Crippen LogP) is 4.17. The topological polar surface area (TPSA) is 49.4 Å². The highest BCUT2D eigenvalue weighted by Gasteiger charge is 2.24. The van der Waals surface area contributed by atoms with Crippen LogP contribution in [0.25, 0.3) is 0 Å². The van der Waals surface area contributed by atoms with Crippen molar-refractivity contribution in [3.05, 3.63) is 63.6 Å². The molecule has 5 heteroatoms. The van der Waals surface area contributed by atoms with Crippen LogP contribution < -0.4 is 5.32 Å². The molecule has 0 radical (unpaired) electrons. The van der Waals surface area contributed by atoms with Crippen molar-refractivity contribution in [2.24, 2.45) is 0 Å². The van der Waals surface area contributed by atoms with Gasteiger partial charge in [0.1, 0.15) is 0 Å². The molecule has 1 N–H and O–H groups in total. The molecule has 2 aromatic rings. The second-order valence-electron chi connectivity index (χ2n) is 6.35. The highest BCUT2D eigenvalue weighted by atomic mass is 79.9. The van der Waals surface area contributed by atoms with E-state index < -0.39 is 0 Å². The maximum Gasteiger partial charge on any atom is 0.256 e. The average molecular weight is 401 g/mol. The van der Waals surface area contributed by atoms with Gasteiger partial charge in [-0.1, -0.05) is 40.2 Å². The van der Waals surface area contributed by atoms with Crippen LogP contribution in [-0.4, -0.2) is 29.8 Å². The van der Waals surface area contributed by atoms with Crippen LogP contribution in [0.1, 0.15) is 34.3 Å². The van der Waals surface area contributed by atoms with E-state index in [4.69, 9.17) is 0 Å². The van der Waals surface area contributed by atoms with Crippen molar-refractivity contribution >= 4 is 33.4 Å². The number of anilines is 1. The zero-order valence-electron chi connectivity index (χ0n) is 14.2. The highest BCUT2D eigenvalue weighted by Crippen LogP contribution is 2.24. The van der Waals surface area contributed by atoms with Gasteiger partial charge in [0.2, 0.25) is 5.91 Å². The summed E-state index contributed by atoms with van der Waals surface area (Å²) in [5.41, 5.74) is 3.02. The summed E-state index contributed by atoms with van der Waals surface area (Å²) in [5.74, 6) is -0.113. The van der Waals surface area contributed by atoms with Crippen LogP contribution in [0.15, 0.2) is 46.9 Å². The maximum atomic E-state index is 12.8. The lowest BCUT2D eigenvalue weighted by Crippen LogP contribution is -2.29. The lowest BCUT2D eigenvalue weighted by atomic mass is 10.0. The fraction of sp³-hybridized carbons (Fsp3) is 0.300. The Morgan fingerprint density at radius 1 is 1.08 bits per heavy atom. The Morgan fingerprint density at radius 2 is 1.76 bits per heavy atom. The van der Waals surface area contributed by atoms with Crippen LogP contribution in [0.5, 0.6) is 0 Å². The van der Waals surface area contributed by atoms with Gasteiger partial charge in [-0.15, -0.1) is 0 Å². The van der Waals surface area contributed by atoms with Gasteiger partial charge in [-0.2, -0.15) is 0 Å². The van der Waals surface area contributed by atoms with Crippen LogP contribution >= 0.6 is 15.9 Å². The summed E-state index contributed by atoms with van der Waals surface area (Å²) in [6.45, 7) is 3.49. The molecule has 3 rings (SSSR count). The fourth-order valence-corrected chi connectivity index (χ4v) is 3.38. The van der Waals surface area contributed by atoms with Crippen LogP contribution in [-0.2, 0) is 11.2 Å². The third kappa shape index (κ3) is 4.28. The number of likely N-dealkylation sites (tertiary alicyclic amines) is 1. The first-order valence-corrected chi connectivity index (χ1v) is 9.27. The van der Waals surface area contributed by atoms with E-state index in [0.29, 0.717) is 11.3 Å². The summed E-state index contributed by atoms with van der Waals surface area (Å²) in [7, 11) is 0. The molecular formula is C20H21BrN2O2. The summed E-state index contributed by atoms with van der Waals surface area (Å²) in [4.78, 5) is 27.1. The largest absolute Gasteiger partial charge is 0.339 e. The van der Waals surface area contributed by atoms with Gasteiger partial charge in [-0.3, -0.25) is 9.59 Å². The highest BCUT2D eigenvalue weighted by molar-refractivity contribution is 9.10. The first-order chi connectivity index (χ1) is 12.0. The van der Waals surface area contributed by atoms with Crippen molar-refractivity contribution < 1.29 is 9.59 Å². The van der Waals surface area contributed by atoms with E-state index in [1.165, 1.54) is 0 Å². The lowest BCUT2D eigenvalue weighted by Gasteiger charge is -2.19. The monoisotopic (exact) mass is 400 g/mol. The minimum Gasteiger partial charge on any atom is -0.339 e. The number of hydrogen-bond acceptors (Lipinski definition) is 2. The van der Waals surface area contributed by atoms with Gasteiger partial charge in [0.05, 0.1) is 17.7 Å². The summed E-state index contributed by atoms with van der Waals surface area (Å²) in [6, 6.07) is 13.2. The minimum absolute atomic E-state index is 0.00883. The molecule has 0 unspecified atom stereocenters. The second-order valence-corrected chi connectivity index (χ2v) is 7.26. The van der Waals surface area contributed by atoms with Crippen LogP contribution in [0, 0.1) is 6.92 Å². The Labute approximate surface area is 156 Å². The van der Waals surface area contributed by atoms with Gasteiger partial charge >= 0.3 is 0 Å². The van der Waals surface area contributed by atoms with E-state index in [0.717, 1.165) is 41.5 Å². The van der Waals surface area contributed by atoms with Gasteiger partial charge in [-0.05, 0) is 49.1 Å². The molecule has 0 spiro atoms. The van der Waals surface area contributed by atoms with Crippen molar-refractivity contribution in [3.8, 4) is 0 Å². The molecule has 0 bridgehead atoms. The third-order valence-electron chi connectivity index (χ3n) is 4.43. The van der Waals surface area contributed by atoms with E-state index in [1.807, 2.05) is 48.2 Å². The fourth-order valence-electron chi connectivity index (χ4n) is 3.12. The Bertz CT molecular complexity index is 781. The number of halogens is 1. The number of rotatable bonds is 4. The molecule has 0 saturated carbocycles. The number of carbonyl (C=O) groups is 2. The number of carbonyl (C=O) groups excluding carboxylic acids is 2. The van der Waals surface area contributed by atoms with E-state index >= 15 is 0 Å². The van der Waals surface area contributed by atoms with Gasteiger partial charge in [0.25, 0.3) is 5.91 Å². The SMILES string of the molecule is Cc1cccc(NC(=O)Cc2ccc(Br)cc2)c1C(=O)N1CCCC1. The smallest absolute Gasteiger partial charge is 0.256 e. The van der Waals surface area contributed by atoms with E-state index in [-0.39, 0.29) is 18.2 Å². The molecule has 4 nitrogen and oxygen atoms in total. The zero-order valence-corrected chi connectivity index (χ0v) is 15.8. The Morgan fingerprint density at radius 3 is 2.44 bits per heavy atom. The molecule has 0 aromatic heterocycles. The molecule has 1 saturated heterocycles. The van der Waals surface area contributed by atoms with Crippen molar-refractivity contribution in [3.63, 3.8) is 0 Å². The summed E-state index contributed by atoms with van der Waals surface area (Å²) >= 11 is 3.39. The molecule has 2 amide bonds. The van der Waals surface area contributed by atoms with Crippen LogP contribution in [0.4, 0.5) is 5.69 Å². The van der Waals surface area contributed by atoms with Gasteiger partial charge in [0, 0.05) is 17.6 Å². The van der Waals surface area contributed by atoms with E-state index in [2.05, 4.69) is 21.2 Å². The maximum absolute atomic E-state index is 12.8. The standard InChI is InChI=1S/C20H21BrN2O2/c1-14-5-4-6-17(19(14)20(25)23-11-2-3-12-23)22-18(24)13-15-7-9-16(21)10-8-15/h4-10H,2-3,11-13H2,1H3,(H,22,24). The average Bonchev–Trinajstić information content (AvgIpc) is 3.11. The van der Waals surface area contributed by atoms with Crippen LogP contribution in [0.2, 0.25) is 0 Å². The van der Waals surface area contributed by atoms with Crippen molar-refractivity contribution in [2.75, 3.05) is 18.4 Å². The van der Waals surface area contributed by atoms with Crippen molar-refractivity contribution in [1.29, 1.82) is 0 Å². The molecule has 2 aromatic carbocycles. The Balaban J connectivity index is 1.77. The normalized spacial score (nSPS) is 13.8. The Kier molecular flexibility index (Phi) is 5.53. The van der Waals surface area contributed by atoms with E-state index in [1.54, 1.807) is 6.07 Å². The summed E-state index contributed by atoms with van der Waals surface area (Å²) < 4.78 is 0.980. The number of nitrogens with zero attached hydrogens (tertiary/aromatic N) is 1. The molecule has 1 aliphatic heterocycles. The van der Waals surface area contributed by atoms with Gasteiger partial charge in [0.15, 0.2) is 0 Å². The number of nitrogens with one attached hydrogen (secondary N) is 1. The molecule has 0 atom stereocenters. The number of hydrogen-bond donors (Lipinski definition) is 1. The van der Waals surface area contributed by atoms with Crippen LogP contribution in [0.3, 0.4) is 0 Å². The van der Waals surface area contributed by atoms with E-state index in [9.17, 15) is 9.59 Å². The third-order valence-corrected chi connectivity index (χ3v) is 4.96.